The van der Waals surface area contributed by atoms with E-state index in [1.54, 1.807) is 0 Å². The molecule has 0 saturated carbocycles. The fourth-order valence-electron chi connectivity index (χ4n) is 2.84. The highest BCUT2D eigenvalue weighted by Crippen LogP contribution is 2.36. The lowest BCUT2D eigenvalue weighted by Crippen LogP contribution is -2.10. The second-order valence-electron chi connectivity index (χ2n) is 5.27. The zero-order valence-corrected chi connectivity index (χ0v) is 11.8. The Bertz CT molecular complexity index is 997. The van der Waals surface area contributed by atoms with Crippen molar-refractivity contribution in [2.45, 2.75) is 0 Å². The van der Waals surface area contributed by atoms with Crippen molar-refractivity contribution in [3.63, 3.8) is 0 Å². The summed E-state index contributed by atoms with van der Waals surface area (Å²) in [7, 11) is 0. The van der Waals surface area contributed by atoms with Gasteiger partial charge in [0.2, 0.25) is 0 Å². The average molecular weight is 286 g/mol. The SMILES string of the molecule is N=C(N)c1ccc(-c2cccc3oc4ccccc4c23)cc1. The number of amidine groups is 1. The summed E-state index contributed by atoms with van der Waals surface area (Å²) in [6.07, 6.45) is 0. The average Bonchev–Trinajstić information content (AvgIpc) is 2.93. The molecule has 0 atom stereocenters. The standard InChI is InChI=1S/C19H14N2O/c20-19(21)13-10-8-12(9-11-13)14-5-3-7-17-18(14)15-4-1-2-6-16(15)22-17/h1-11H,(H3,20,21). The normalized spacial score (nSPS) is 11.1. The second-order valence-corrected chi connectivity index (χ2v) is 5.27. The van der Waals surface area contributed by atoms with Crippen LogP contribution < -0.4 is 5.73 Å². The van der Waals surface area contributed by atoms with Crippen molar-refractivity contribution in [1.82, 2.24) is 0 Å². The van der Waals surface area contributed by atoms with E-state index >= 15 is 0 Å². The van der Waals surface area contributed by atoms with Crippen LogP contribution in [0.4, 0.5) is 0 Å². The molecule has 0 aliphatic rings. The molecular formula is C19H14N2O. The molecule has 0 aliphatic carbocycles. The van der Waals surface area contributed by atoms with Crippen molar-refractivity contribution in [2.24, 2.45) is 5.73 Å². The van der Waals surface area contributed by atoms with Gasteiger partial charge in [0.25, 0.3) is 0 Å². The number of fused-ring (bicyclic) bond motifs is 3. The smallest absolute Gasteiger partial charge is 0.136 e. The second kappa shape index (κ2) is 4.74. The van der Waals surface area contributed by atoms with Crippen LogP contribution in [-0.4, -0.2) is 5.84 Å². The van der Waals surface area contributed by atoms with E-state index in [1.807, 2.05) is 54.6 Å². The van der Waals surface area contributed by atoms with Crippen molar-refractivity contribution < 1.29 is 4.42 Å². The fraction of sp³-hybridized carbons (Fsp3) is 0. The van der Waals surface area contributed by atoms with Gasteiger partial charge in [-0.15, -0.1) is 0 Å². The molecule has 0 aliphatic heterocycles. The van der Waals surface area contributed by atoms with E-state index < -0.39 is 0 Å². The zero-order chi connectivity index (χ0) is 15.1. The monoisotopic (exact) mass is 286 g/mol. The Labute approximate surface area is 127 Å². The Balaban J connectivity index is 2.00. The summed E-state index contributed by atoms with van der Waals surface area (Å²) in [4.78, 5) is 0. The molecular weight excluding hydrogens is 272 g/mol. The highest BCUT2D eigenvalue weighted by molar-refractivity contribution is 6.12. The van der Waals surface area contributed by atoms with Crippen LogP contribution in [0.1, 0.15) is 5.56 Å². The van der Waals surface area contributed by atoms with Gasteiger partial charge in [-0.05, 0) is 23.3 Å². The fourth-order valence-corrected chi connectivity index (χ4v) is 2.84. The van der Waals surface area contributed by atoms with E-state index in [2.05, 4.69) is 12.1 Å². The minimum absolute atomic E-state index is 0.0820. The van der Waals surface area contributed by atoms with Gasteiger partial charge in [-0.25, -0.2) is 0 Å². The molecule has 0 amide bonds. The number of nitrogens with one attached hydrogen (secondary N) is 1. The number of hydrogen-bond acceptors (Lipinski definition) is 2. The Morgan fingerprint density at radius 3 is 2.32 bits per heavy atom. The first-order valence-electron chi connectivity index (χ1n) is 7.09. The molecule has 0 unspecified atom stereocenters. The maximum atomic E-state index is 7.49. The van der Waals surface area contributed by atoms with E-state index in [1.165, 1.54) is 0 Å². The molecule has 3 heteroatoms. The molecule has 0 saturated heterocycles. The Hall–Kier alpha value is -3.07. The Morgan fingerprint density at radius 2 is 1.55 bits per heavy atom. The molecule has 0 radical (unpaired) electrons. The van der Waals surface area contributed by atoms with Crippen molar-refractivity contribution in [2.75, 3.05) is 0 Å². The molecule has 3 nitrogen and oxygen atoms in total. The van der Waals surface area contributed by atoms with Gasteiger partial charge in [-0.2, -0.15) is 0 Å². The maximum absolute atomic E-state index is 7.49. The number of furan rings is 1. The van der Waals surface area contributed by atoms with E-state index in [-0.39, 0.29) is 5.84 Å². The predicted octanol–water partition coefficient (Wildman–Crippen LogP) is 4.54. The number of nitrogen functional groups attached to an aromatic ring is 1. The first-order valence-corrected chi connectivity index (χ1v) is 7.09. The number of para-hydroxylation sites is 1. The lowest BCUT2D eigenvalue weighted by Gasteiger charge is -2.05. The maximum Gasteiger partial charge on any atom is 0.136 e. The topological polar surface area (TPSA) is 63.0 Å². The van der Waals surface area contributed by atoms with Crippen LogP contribution in [-0.2, 0) is 0 Å². The van der Waals surface area contributed by atoms with Crippen molar-refractivity contribution in [1.29, 1.82) is 5.41 Å². The molecule has 3 aromatic carbocycles. The third-order valence-corrected chi connectivity index (χ3v) is 3.91. The largest absolute Gasteiger partial charge is 0.456 e. The van der Waals surface area contributed by atoms with Crippen molar-refractivity contribution in [3.05, 3.63) is 72.3 Å². The van der Waals surface area contributed by atoms with Crippen molar-refractivity contribution >= 4 is 27.8 Å². The molecule has 0 bridgehead atoms. The third kappa shape index (κ3) is 1.87. The summed E-state index contributed by atoms with van der Waals surface area (Å²) < 4.78 is 5.92. The molecule has 1 heterocycles. The Kier molecular flexibility index (Phi) is 2.73. The highest BCUT2D eigenvalue weighted by atomic mass is 16.3. The first kappa shape index (κ1) is 12.7. The molecule has 0 fully saturated rings. The van der Waals surface area contributed by atoms with Gasteiger partial charge in [0, 0.05) is 16.3 Å². The molecule has 4 aromatic rings. The predicted molar refractivity (Wildman–Crippen MR) is 90.2 cm³/mol. The van der Waals surface area contributed by atoms with Crippen LogP contribution in [0.15, 0.2) is 71.1 Å². The van der Waals surface area contributed by atoms with Crippen LogP contribution in [0, 0.1) is 5.41 Å². The number of benzene rings is 3. The minimum atomic E-state index is 0.0820. The highest BCUT2D eigenvalue weighted by Gasteiger charge is 2.11. The van der Waals surface area contributed by atoms with Crippen LogP contribution in [0.2, 0.25) is 0 Å². The molecule has 3 N–H and O–H groups in total. The summed E-state index contributed by atoms with van der Waals surface area (Å²) in [5, 5.41) is 9.72. The van der Waals surface area contributed by atoms with Crippen LogP contribution in [0.25, 0.3) is 33.1 Å². The van der Waals surface area contributed by atoms with Gasteiger partial charge in [0.05, 0.1) is 0 Å². The van der Waals surface area contributed by atoms with Gasteiger partial charge < -0.3 is 10.2 Å². The quantitative estimate of drug-likeness (QED) is 0.420. The van der Waals surface area contributed by atoms with Crippen molar-refractivity contribution in [3.8, 4) is 11.1 Å². The minimum Gasteiger partial charge on any atom is -0.456 e. The first-order chi connectivity index (χ1) is 10.7. The zero-order valence-electron chi connectivity index (χ0n) is 11.8. The van der Waals surface area contributed by atoms with Gasteiger partial charge >= 0.3 is 0 Å². The lowest BCUT2D eigenvalue weighted by atomic mass is 9.98. The molecule has 0 spiro atoms. The van der Waals surface area contributed by atoms with Crippen LogP contribution >= 0.6 is 0 Å². The third-order valence-electron chi connectivity index (χ3n) is 3.91. The summed E-state index contributed by atoms with van der Waals surface area (Å²) in [5.41, 5.74) is 10.2. The lowest BCUT2D eigenvalue weighted by molar-refractivity contribution is 0.669. The summed E-state index contributed by atoms with van der Waals surface area (Å²) in [6, 6.07) is 21.9. The van der Waals surface area contributed by atoms with Gasteiger partial charge in [-0.3, -0.25) is 5.41 Å². The summed E-state index contributed by atoms with van der Waals surface area (Å²) >= 11 is 0. The molecule has 1 aromatic heterocycles. The van der Waals surface area contributed by atoms with E-state index in [9.17, 15) is 0 Å². The van der Waals surface area contributed by atoms with E-state index in [0.717, 1.165) is 38.6 Å². The van der Waals surface area contributed by atoms with E-state index in [4.69, 9.17) is 15.6 Å². The number of nitrogens with two attached hydrogens (primary N) is 1. The molecule has 4 rings (SSSR count). The molecule has 22 heavy (non-hydrogen) atoms. The molecule has 106 valence electrons. The van der Waals surface area contributed by atoms with E-state index in [0.29, 0.717) is 0 Å². The van der Waals surface area contributed by atoms with Crippen LogP contribution in [0.3, 0.4) is 0 Å². The summed E-state index contributed by atoms with van der Waals surface area (Å²) in [6.45, 7) is 0. The summed E-state index contributed by atoms with van der Waals surface area (Å²) in [5.74, 6) is 0.0820. The van der Waals surface area contributed by atoms with Gasteiger partial charge in [0.1, 0.15) is 17.0 Å². The van der Waals surface area contributed by atoms with Gasteiger partial charge in [0.15, 0.2) is 0 Å². The van der Waals surface area contributed by atoms with Gasteiger partial charge in [-0.1, -0.05) is 54.6 Å². The van der Waals surface area contributed by atoms with Crippen LogP contribution in [0.5, 0.6) is 0 Å². The Morgan fingerprint density at radius 1 is 0.818 bits per heavy atom. The number of hydrogen-bond donors (Lipinski definition) is 2. The number of rotatable bonds is 2.